The second kappa shape index (κ2) is 7.41. The van der Waals surface area contributed by atoms with Gasteiger partial charge in [0.05, 0.1) is 0 Å². The van der Waals surface area contributed by atoms with Crippen LogP contribution in [0.4, 0.5) is 0 Å². The Bertz CT molecular complexity index is 534. The van der Waals surface area contributed by atoms with Crippen molar-refractivity contribution in [2.45, 2.75) is 92.6 Å². The van der Waals surface area contributed by atoms with Gasteiger partial charge in [-0.05, 0) is 0 Å². The third-order valence-electron chi connectivity index (χ3n) is 5.41. The summed E-state index contributed by atoms with van der Waals surface area (Å²) in [4.78, 5) is 27.7. The van der Waals surface area contributed by atoms with E-state index in [4.69, 9.17) is 0 Å². The summed E-state index contributed by atoms with van der Waals surface area (Å²) in [7, 11) is 0. The average molecular weight is 432 g/mol. The van der Waals surface area contributed by atoms with Crippen molar-refractivity contribution in [3.8, 4) is 0 Å². The van der Waals surface area contributed by atoms with Gasteiger partial charge in [0.2, 0.25) is 0 Å². The van der Waals surface area contributed by atoms with Crippen molar-refractivity contribution in [2.75, 3.05) is 5.75 Å². The maximum absolute atomic E-state index is 13.2. The van der Waals surface area contributed by atoms with E-state index in [9.17, 15) is 9.59 Å². The number of amides is 2. The van der Waals surface area contributed by atoms with E-state index in [1.807, 2.05) is 4.90 Å². The molecule has 2 unspecified atom stereocenters. The molecule has 7 heteroatoms. The molecule has 1 saturated carbocycles. The predicted molar refractivity (Wildman–Crippen MR) is 104 cm³/mol. The summed E-state index contributed by atoms with van der Waals surface area (Å²) in [5, 5.41) is 7.62. The van der Waals surface area contributed by atoms with Crippen molar-refractivity contribution in [1.29, 1.82) is 0 Å². The first kappa shape index (κ1) is 19.5. The fraction of sp³-hybridized carbons (Fsp3) is 0.889. The van der Waals surface area contributed by atoms with E-state index < -0.39 is 0 Å². The van der Waals surface area contributed by atoms with Crippen molar-refractivity contribution in [1.82, 2.24) is 15.5 Å². The molecule has 2 amide bonds. The van der Waals surface area contributed by atoms with Crippen molar-refractivity contribution in [3.05, 3.63) is 0 Å². The van der Waals surface area contributed by atoms with Crippen LogP contribution in [0, 0.1) is 0 Å². The Balaban J connectivity index is 1.70. The third-order valence-corrected chi connectivity index (χ3v) is 9.60. The molecule has 2 N–H and O–H groups in total. The number of nitrogens with one attached hydrogen (secondary N) is 2. The molecule has 142 valence electrons. The Labute approximate surface area is 162 Å². The van der Waals surface area contributed by atoms with Crippen molar-refractivity contribution >= 4 is 38.5 Å². The van der Waals surface area contributed by atoms with Gasteiger partial charge in [0.25, 0.3) is 0 Å². The zero-order chi connectivity index (χ0) is 18.2. The summed E-state index contributed by atoms with van der Waals surface area (Å²) in [6, 6.07) is -0.191. The molecule has 0 aromatic rings. The fourth-order valence-electron chi connectivity index (χ4n) is 4.05. The molecule has 25 heavy (non-hydrogen) atoms. The Morgan fingerprint density at radius 2 is 1.84 bits per heavy atom. The van der Waals surface area contributed by atoms with Gasteiger partial charge in [-0.15, -0.1) is 0 Å². The van der Waals surface area contributed by atoms with Crippen LogP contribution in [0.25, 0.3) is 0 Å². The van der Waals surface area contributed by atoms with Crippen LogP contribution in [-0.4, -0.2) is 64.9 Å². The van der Waals surface area contributed by atoms with Gasteiger partial charge in [-0.3, -0.25) is 0 Å². The average Bonchev–Trinajstić information content (AvgIpc) is 3.06. The number of carbonyl (C=O) groups is 2. The molecule has 5 nitrogen and oxygen atoms in total. The van der Waals surface area contributed by atoms with E-state index in [-0.39, 0.29) is 33.2 Å². The molecule has 0 aromatic carbocycles. The first-order chi connectivity index (χ1) is 11.7. The SMILES string of the molecule is CC1(C)NC(C(=O)N2C(C(=O)NC3CCCCC3)CSC2(C)C)C[Se]1. The molecule has 1 aliphatic carbocycles. The molecule has 2 heterocycles. The topological polar surface area (TPSA) is 61.4 Å². The molecule has 0 bridgehead atoms. The number of hydrogen-bond acceptors (Lipinski definition) is 4. The predicted octanol–water partition coefficient (Wildman–Crippen LogP) is 1.95. The second-order valence-electron chi connectivity index (χ2n) is 8.34. The van der Waals surface area contributed by atoms with Crippen molar-refractivity contribution in [3.63, 3.8) is 0 Å². The summed E-state index contributed by atoms with van der Waals surface area (Å²) in [6.07, 6.45) is 5.81. The molecular weight excluding hydrogens is 401 g/mol. The van der Waals surface area contributed by atoms with Crippen molar-refractivity contribution < 1.29 is 9.59 Å². The molecule has 3 rings (SSSR count). The normalized spacial score (nSPS) is 31.9. The molecule has 3 aliphatic rings. The molecule has 2 atom stereocenters. The van der Waals surface area contributed by atoms with Crippen LogP contribution < -0.4 is 10.6 Å². The molecule has 2 aliphatic heterocycles. The minimum atomic E-state index is -0.340. The quantitative estimate of drug-likeness (QED) is 0.670. The monoisotopic (exact) mass is 433 g/mol. The Kier molecular flexibility index (Phi) is 5.79. The molecule has 3 fully saturated rings. The molecule has 0 aromatic heterocycles. The van der Waals surface area contributed by atoms with E-state index in [0.717, 1.165) is 18.2 Å². The molecule has 0 spiro atoms. The minimum absolute atomic E-state index is 0.0427. The number of hydrogen-bond donors (Lipinski definition) is 2. The molecule has 0 radical (unpaired) electrons. The standard InChI is InChI=1S/C18H31N3O2SSe/c1-17(2)20-13(11-25-17)16(23)21-14(10-24-18(21,3)4)15(22)19-12-8-6-5-7-9-12/h12-14,20H,5-11H2,1-4H3,(H,19,22). The van der Waals surface area contributed by atoms with E-state index in [2.05, 4.69) is 38.3 Å². The number of carbonyl (C=O) groups excluding carboxylic acids is 2. The second-order valence-corrected chi connectivity index (χ2v) is 13.4. The van der Waals surface area contributed by atoms with Gasteiger partial charge in [0.1, 0.15) is 0 Å². The third kappa shape index (κ3) is 4.37. The van der Waals surface area contributed by atoms with Gasteiger partial charge in [-0.1, -0.05) is 0 Å². The van der Waals surface area contributed by atoms with Crippen molar-refractivity contribution in [2.24, 2.45) is 0 Å². The van der Waals surface area contributed by atoms with Crippen LogP contribution in [0.3, 0.4) is 0 Å². The fourth-order valence-corrected chi connectivity index (χ4v) is 7.45. The summed E-state index contributed by atoms with van der Waals surface area (Å²) in [5.74, 6) is 0.839. The van der Waals surface area contributed by atoms with Gasteiger partial charge in [-0.2, -0.15) is 0 Å². The van der Waals surface area contributed by atoms with E-state index in [1.165, 1.54) is 19.3 Å². The van der Waals surface area contributed by atoms with Crippen LogP contribution in [0.2, 0.25) is 5.32 Å². The molecular formula is C18H31N3O2SSe. The zero-order valence-corrected chi connectivity index (χ0v) is 18.3. The van der Waals surface area contributed by atoms with Crippen LogP contribution in [-0.2, 0) is 9.59 Å². The molecule has 2 saturated heterocycles. The van der Waals surface area contributed by atoms with Crippen LogP contribution in [0.1, 0.15) is 59.8 Å². The zero-order valence-electron chi connectivity index (χ0n) is 15.8. The summed E-state index contributed by atoms with van der Waals surface area (Å²) >= 11 is 2.12. The van der Waals surface area contributed by atoms with E-state index in [1.54, 1.807) is 11.8 Å². The Morgan fingerprint density at radius 3 is 2.44 bits per heavy atom. The maximum atomic E-state index is 13.2. The van der Waals surface area contributed by atoms with Crippen LogP contribution in [0.15, 0.2) is 0 Å². The van der Waals surface area contributed by atoms with Gasteiger partial charge in [0, 0.05) is 0 Å². The van der Waals surface area contributed by atoms with Crippen LogP contribution >= 0.6 is 11.8 Å². The number of nitrogens with zero attached hydrogens (tertiary/aromatic N) is 1. The van der Waals surface area contributed by atoms with E-state index in [0.29, 0.717) is 26.8 Å². The number of rotatable bonds is 3. The Hall–Kier alpha value is -0.231. The summed E-state index contributed by atoms with van der Waals surface area (Å²) in [5.41, 5.74) is 0. The summed E-state index contributed by atoms with van der Waals surface area (Å²) < 4.78 is 0.0597. The first-order valence-electron chi connectivity index (χ1n) is 9.39. The summed E-state index contributed by atoms with van der Waals surface area (Å²) in [6.45, 7) is 8.46. The number of thioether (sulfide) groups is 1. The van der Waals surface area contributed by atoms with E-state index >= 15 is 0 Å². The van der Waals surface area contributed by atoms with Gasteiger partial charge in [-0.25, -0.2) is 0 Å². The van der Waals surface area contributed by atoms with Gasteiger partial charge < -0.3 is 0 Å². The Morgan fingerprint density at radius 1 is 1.16 bits per heavy atom. The first-order valence-corrected chi connectivity index (χ1v) is 12.4. The van der Waals surface area contributed by atoms with Crippen LogP contribution in [0.5, 0.6) is 0 Å². The van der Waals surface area contributed by atoms with Gasteiger partial charge >= 0.3 is 162 Å². The van der Waals surface area contributed by atoms with Gasteiger partial charge in [0.15, 0.2) is 0 Å².